The highest BCUT2D eigenvalue weighted by Gasteiger charge is 2.10. The quantitative estimate of drug-likeness (QED) is 0.235. The van der Waals surface area contributed by atoms with Gasteiger partial charge in [-0.05, 0) is 25.7 Å². The van der Waals surface area contributed by atoms with Crippen LogP contribution in [0.25, 0.3) is 0 Å². The van der Waals surface area contributed by atoms with E-state index in [-0.39, 0.29) is 12.8 Å². The van der Waals surface area contributed by atoms with Gasteiger partial charge in [0.1, 0.15) is 12.1 Å². The van der Waals surface area contributed by atoms with E-state index < -0.39 is 36.0 Å². The maximum atomic E-state index is 10.3. The first-order valence-corrected chi connectivity index (χ1v) is 8.48. The van der Waals surface area contributed by atoms with Crippen molar-refractivity contribution in [3.05, 3.63) is 0 Å². The van der Waals surface area contributed by atoms with Crippen molar-refractivity contribution in [1.29, 1.82) is 0 Å². The molecule has 0 fully saturated rings. The lowest BCUT2D eigenvalue weighted by molar-refractivity contribution is -0.139. The summed E-state index contributed by atoms with van der Waals surface area (Å²) < 4.78 is 0. The van der Waals surface area contributed by atoms with Crippen molar-refractivity contribution in [2.24, 2.45) is 11.5 Å². The Labute approximate surface area is 152 Å². The lowest BCUT2D eigenvalue weighted by atomic mass is 10.1. The van der Waals surface area contributed by atoms with Gasteiger partial charge in [0.05, 0.1) is 0 Å². The Morgan fingerprint density at radius 1 is 0.577 bits per heavy atom. The topological polar surface area (TPSA) is 201 Å². The normalized spacial score (nSPS) is 12.4. The van der Waals surface area contributed by atoms with Gasteiger partial charge in [-0.15, -0.1) is 0 Å². The van der Waals surface area contributed by atoms with E-state index in [1.54, 1.807) is 0 Å². The van der Waals surface area contributed by atoms with Crippen molar-refractivity contribution < 1.29 is 39.6 Å². The molecule has 0 aromatic heterocycles. The van der Waals surface area contributed by atoms with E-state index in [0.29, 0.717) is 51.4 Å². The van der Waals surface area contributed by atoms with E-state index in [1.165, 1.54) is 0 Å². The van der Waals surface area contributed by atoms with Crippen molar-refractivity contribution in [3.63, 3.8) is 0 Å². The molecule has 8 N–H and O–H groups in total. The van der Waals surface area contributed by atoms with Crippen LogP contribution < -0.4 is 11.5 Å². The molecular weight excluding hydrogens is 348 g/mol. The fraction of sp³-hybridized carbons (Fsp3) is 0.750. The van der Waals surface area contributed by atoms with E-state index in [1.807, 2.05) is 0 Å². The zero-order valence-electron chi connectivity index (χ0n) is 14.8. The summed E-state index contributed by atoms with van der Waals surface area (Å²) in [6, 6.07) is -1.63. The van der Waals surface area contributed by atoms with Gasteiger partial charge in [-0.25, -0.2) is 0 Å². The Bertz CT molecular complexity index is 402. The van der Waals surface area contributed by atoms with Crippen LogP contribution in [0.3, 0.4) is 0 Å². The molecule has 2 unspecified atom stereocenters. The van der Waals surface area contributed by atoms with E-state index in [4.69, 9.17) is 31.9 Å². The maximum Gasteiger partial charge on any atom is 0.320 e. The summed E-state index contributed by atoms with van der Waals surface area (Å²) in [4.78, 5) is 40.7. The fourth-order valence-corrected chi connectivity index (χ4v) is 1.88. The van der Waals surface area contributed by atoms with Gasteiger partial charge in [-0.3, -0.25) is 19.2 Å². The summed E-state index contributed by atoms with van der Waals surface area (Å²) in [6.45, 7) is 0. The Hall–Kier alpha value is -2.20. The number of hydrogen-bond acceptors (Lipinski definition) is 6. The van der Waals surface area contributed by atoms with Gasteiger partial charge >= 0.3 is 23.9 Å². The van der Waals surface area contributed by atoms with Gasteiger partial charge in [0.2, 0.25) is 0 Å². The van der Waals surface area contributed by atoms with E-state index in [2.05, 4.69) is 0 Å². The number of carboxylic acid groups (broad SMARTS) is 4. The third-order valence-corrected chi connectivity index (χ3v) is 3.45. The Morgan fingerprint density at radius 2 is 0.885 bits per heavy atom. The summed E-state index contributed by atoms with van der Waals surface area (Å²) in [6.07, 6.45) is 5.04. The molecule has 2 atom stereocenters. The van der Waals surface area contributed by atoms with E-state index in [0.717, 1.165) is 0 Å². The van der Waals surface area contributed by atoms with Crippen molar-refractivity contribution in [2.45, 2.75) is 76.3 Å². The first-order chi connectivity index (χ1) is 12.1. The fourth-order valence-electron chi connectivity index (χ4n) is 1.88. The number of aliphatic carboxylic acids is 4. The molecule has 0 bridgehead atoms. The summed E-state index contributed by atoms with van der Waals surface area (Å²) in [5.74, 6) is -3.64. The molecule has 0 aliphatic rings. The van der Waals surface area contributed by atoms with Crippen LogP contribution in [0.2, 0.25) is 0 Å². The number of unbranched alkanes of at least 4 members (excludes halogenated alkanes) is 4. The minimum Gasteiger partial charge on any atom is -0.481 e. The van der Waals surface area contributed by atoms with Crippen molar-refractivity contribution in [3.8, 4) is 0 Å². The van der Waals surface area contributed by atoms with Crippen molar-refractivity contribution in [2.75, 3.05) is 0 Å². The van der Waals surface area contributed by atoms with Gasteiger partial charge < -0.3 is 31.9 Å². The Kier molecular flexibility index (Phi) is 16.3. The predicted octanol–water partition coefficient (Wildman–Crippen LogP) is 0.867. The number of rotatable bonds is 14. The first kappa shape index (κ1) is 26.0. The first-order valence-electron chi connectivity index (χ1n) is 8.48. The lowest BCUT2D eigenvalue weighted by Crippen LogP contribution is -2.29. The second-order valence-electron chi connectivity index (χ2n) is 5.88. The minimum atomic E-state index is -1.00. The summed E-state index contributed by atoms with van der Waals surface area (Å²) >= 11 is 0. The second-order valence-corrected chi connectivity index (χ2v) is 5.88. The molecule has 0 spiro atoms. The monoisotopic (exact) mass is 378 g/mol. The zero-order chi connectivity index (χ0) is 20.5. The molecule has 0 saturated carbocycles. The van der Waals surface area contributed by atoms with Crippen LogP contribution >= 0.6 is 0 Å². The highest BCUT2D eigenvalue weighted by atomic mass is 16.4. The summed E-state index contributed by atoms with van der Waals surface area (Å²) in [5, 5.41) is 33.4. The smallest absolute Gasteiger partial charge is 0.320 e. The molecule has 0 aliphatic heterocycles. The highest BCUT2D eigenvalue weighted by Crippen LogP contribution is 2.05. The van der Waals surface area contributed by atoms with Crippen LogP contribution in [0, 0.1) is 0 Å². The standard InChI is InChI=1S/2C8H15NO4/c2*9-6(8(12)13)4-2-1-3-5-7(10)11/h2*6H,1-5,9H2,(H,10,11)(H,12,13). The Balaban J connectivity index is 0. The van der Waals surface area contributed by atoms with Crippen molar-refractivity contribution in [1.82, 2.24) is 0 Å². The van der Waals surface area contributed by atoms with Gasteiger partial charge in [-0.1, -0.05) is 25.7 Å². The van der Waals surface area contributed by atoms with Crippen LogP contribution in [-0.2, 0) is 19.2 Å². The van der Waals surface area contributed by atoms with Crippen molar-refractivity contribution >= 4 is 23.9 Å². The molecule has 0 amide bonds. The molecule has 152 valence electrons. The summed E-state index contributed by atoms with van der Waals surface area (Å²) in [5.41, 5.74) is 10.5. The maximum absolute atomic E-state index is 10.3. The number of carbonyl (C=O) groups is 4. The molecule has 0 radical (unpaired) electrons. The van der Waals surface area contributed by atoms with Crippen LogP contribution in [0.5, 0.6) is 0 Å². The molecule has 0 aromatic rings. The largest absolute Gasteiger partial charge is 0.481 e. The SMILES string of the molecule is NC(CCCCCC(=O)O)C(=O)O.NC(CCCCCC(=O)O)C(=O)O. The molecule has 0 rings (SSSR count). The van der Waals surface area contributed by atoms with E-state index in [9.17, 15) is 19.2 Å². The van der Waals surface area contributed by atoms with Gasteiger partial charge in [0, 0.05) is 12.8 Å². The number of nitrogens with two attached hydrogens (primary N) is 2. The molecule has 10 heteroatoms. The van der Waals surface area contributed by atoms with Crippen LogP contribution in [-0.4, -0.2) is 56.4 Å². The van der Waals surface area contributed by atoms with Crippen LogP contribution in [0.1, 0.15) is 64.2 Å². The molecule has 0 heterocycles. The van der Waals surface area contributed by atoms with E-state index >= 15 is 0 Å². The lowest BCUT2D eigenvalue weighted by Gasteiger charge is -2.04. The number of hydrogen-bond donors (Lipinski definition) is 6. The second kappa shape index (κ2) is 16.3. The van der Waals surface area contributed by atoms with Crippen LogP contribution in [0.15, 0.2) is 0 Å². The molecule has 10 nitrogen and oxygen atoms in total. The molecular formula is C16H30N2O8. The predicted molar refractivity (Wildman–Crippen MR) is 92.7 cm³/mol. The van der Waals surface area contributed by atoms with Gasteiger partial charge in [0.15, 0.2) is 0 Å². The third-order valence-electron chi connectivity index (χ3n) is 3.45. The number of carboxylic acids is 4. The Morgan fingerprint density at radius 3 is 1.12 bits per heavy atom. The molecule has 0 aliphatic carbocycles. The average molecular weight is 378 g/mol. The molecule has 0 saturated heterocycles. The average Bonchev–Trinajstić information content (AvgIpc) is 2.53. The van der Waals surface area contributed by atoms with Gasteiger partial charge in [0.25, 0.3) is 0 Å². The minimum absolute atomic E-state index is 0.141. The van der Waals surface area contributed by atoms with Crippen LogP contribution in [0.4, 0.5) is 0 Å². The highest BCUT2D eigenvalue weighted by molar-refractivity contribution is 5.73. The molecule has 0 aromatic carbocycles. The van der Waals surface area contributed by atoms with Gasteiger partial charge in [-0.2, -0.15) is 0 Å². The zero-order valence-corrected chi connectivity index (χ0v) is 14.8. The molecule has 26 heavy (non-hydrogen) atoms. The third kappa shape index (κ3) is 19.8. The summed E-state index contributed by atoms with van der Waals surface area (Å²) in [7, 11) is 0.